The maximum atomic E-state index is 14.7. The van der Waals surface area contributed by atoms with Crippen LogP contribution in [0.25, 0.3) is 11.1 Å². The summed E-state index contributed by atoms with van der Waals surface area (Å²) < 4.78 is 26.4. The third-order valence-corrected chi connectivity index (χ3v) is 7.29. The SMILES string of the molecule is Cc1cc(F)c(COc2cc3c(cn2)[C@@H]2[C@@H](C)[C@@H]2C3)cc1-c1ccc(OCCC(C)(C)O)cc1. The zero-order valence-corrected chi connectivity index (χ0v) is 20.3. The summed E-state index contributed by atoms with van der Waals surface area (Å²) in [7, 11) is 0. The van der Waals surface area contributed by atoms with Gasteiger partial charge in [0.15, 0.2) is 0 Å². The number of hydrogen-bond donors (Lipinski definition) is 1. The lowest BCUT2D eigenvalue weighted by molar-refractivity contribution is 0.0553. The van der Waals surface area contributed by atoms with Gasteiger partial charge in [0.2, 0.25) is 5.88 Å². The number of aliphatic hydroxyl groups is 1. The molecule has 3 aromatic rings. The molecule has 34 heavy (non-hydrogen) atoms. The number of aromatic nitrogens is 1. The summed E-state index contributed by atoms with van der Waals surface area (Å²) >= 11 is 0. The summed E-state index contributed by atoms with van der Waals surface area (Å²) in [6.07, 6.45) is 3.59. The highest BCUT2D eigenvalue weighted by Crippen LogP contribution is 2.61. The lowest BCUT2D eigenvalue weighted by Gasteiger charge is -2.17. The number of ether oxygens (including phenoxy) is 2. The van der Waals surface area contributed by atoms with E-state index in [-0.39, 0.29) is 12.4 Å². The molecule has 0 bridgehead atoms. The molecule has 0 aliphatic heterocycles. The highest BCUT2D eigenvalue weighted by Gasteiger charge is 2.52. The molecule has 4 nitrogen and oxygen atoms in total. The van der Waals surface area contributed by atoms with Gasteiger partial charge < -0.3 is 14.6 Å². The molecule has 5 rings (SSSR count). The van der Waals surface area contributed by atoms with Crippen LogP contribution in [0, 0.1) is 24.6 Å². The molecule has 5 heteroatoms. The van der Waals surface area contributed by atoms with Gasteiger partial charge >= 0.3 is 0 Å². The molecule has 1 aromatic heterocycles. The maximum absolute atomic E-state index is 14.7. The van der Waals surface area contributed by atoms with Gasteiger partial charge in [-0.15, -0.1) is 0 Å². The van der Waals surface area contributed by atoms with Crippen molar-refractivity contribution >= 4 is 0 Å². The van der Waals surface area contributed by atoms with Crippen LogP contribution in [0.2, 0.25) is 0 Å². The molecule has 2 aliphatic carbocycles. The lowest BCUT2D eigenvalue weighted by Crippen LogP contribution is -2.21. The molecule has 2 aromatic carbocycles. The van der Waals surface area contributed by atoms with Gasteiger partial charge in [-0.25, -0.2) is 9.37 Å². The predicted molar refractivity (Wildman–Crippen MR) is 131 cm³/mol. The molecule has 0 amide bonds. The van der Waals surface area contributed by atoms with Crippen LogP contribution >= 0.6 is 0 Å². The van der Waals surface area contributed by atoms with Gasteiger partial charge in [-0.1, -0.05) is 19.1 Å². The molecular weight excluding hydrogens is 429 g/mol. The van der Waals surface area contributed by atoms with E-state index >= 15 is 0 Å². The van der Waals surface area contributed by atoms with Crippen molar-refractivity contribution in [3.63, 3.8) is 0 Å². The molecular formula is C29H32FNO3. The molecule has 0 spiro atoms. The normalized spacial score (nSPS) is 20.6. The molecule has 1 heterocycles. The highest BCUT2D eigenvalue weighted by atomic mass is 19.1. The highest BCUT2D eigenvalue weighted by molar-refractivity contribution is 5.68. The number of aryl methyl sites for hydroxylation is 1. The van der Waals surface area contributed by atoms with E-state index in [1.54, 1.807) is 19.9 Å². The van der Waals surface area contributed by atoms with E-state index in [1.807, 2.05) is 49.5 Å². The monoisotopic (exact) mass is 461 g/mol. The van der Waals surface area contributed by atoms with E-state index in [9.17, 15) is 9.50 Å². The smallest absolute Gasteiger partial charge is 0.213 e. The summed E-state index contributed by atoms with van der Waals surface area (Å²) in [5.74, 6) is 3.24. The molecule has 3 atom stereocenters. The van der Waals surface area contributed by atoms with Crippen molar-refractivity contribution in [3.05, 3.63) is 76.7 Å². The topological polar surface area (TPSA) is 51.6 Å². The van der Waals surface area contributed by atoms with Crippen molar-refractivity contribution in [1.29, 1.82) is 0 Å². The minimum atomic E-state index is -0.752. The lowest BCUT2D eigenvalue weighted by atomic mass is 9.98. The Morgan fingerprint density at radius 1 is 1.12 bits per heavy atom. The average Bonchev–Trinajstić information content (AvgIpc) is 3.24. The van der Waals surface area contributed by atoms with Gasteiger partial charge in [0.25, 0.3) is 0 Å². The van der Waals surface area contributed by atoms with Crippen molar-refractivity contribution in [1.82, 2.24) is 4.98 Å². The Kier molecular flexibility index (Phi) is 5.85. The van der Waals surface area contributed by atoms with Crippen molar-refractivity contribution in [2.75, 3.05) is 6.61 Å². The van der Waals surface area contributed by atoms with E-state index in [1.165, 1.54) is 11.1 Å². The Morgan fingerprint density at radius 3 is 2.62 bits per heavy atom. The van der Waals surface area contributed by atoms with Crippen LogP contribution in [0.4, 0.5) is 4.39 Å². The van der Waals surface area contributed by atoms with Crippen LogP contribution in [-0.2, 0) is 13.0 Å². The molecule has 178 valence electrons. The third kappa shape index (κ3) is 4.67. The van der Waals surface area contributed by atoms with Crippen LogP contribution in [0.3, 0.4) is 0 Å². The maximum Gasteiger partial charge on any atom is 0.213 e. The number of benzene rings is 2. The third-order valence-electron chi connectivity index (χ3n) is 7.29. The number of halogens is 1. The predicted octanol–water partition coefficient (Wildman–Crippen LogP) is 6.22. The van der Waals surface area contributed by atoms with E-state index in [2.05, 4.69) is 11.9 Å². The fourth-order valence-corrected chi connectivity index (χ4v) is 5.11. The molecule has 2 aliphatic rings. The number of rotatable bonds is 8. The van der Waals surface area contributed by atoms with Gasteiger partial charge in [-0.05, 0) is 97.0 Å². The molecule has 1 N–H and O–H groups in total. The quantitative estimate of drug-likeness (QED) is 0.433. The Bertz CT molecular complexity index is 1200. The minimum Gasteiger partial charge on any atom is -0.493 e. The molecule has 0 saturated heterocycles. The number of hydrogen-bond acceptors (Lipinski definition) is 4. The molecule has 0 unspecified atom stereocenters. The summed E-state index contributed by atoms with van der Waals surface area (Å²) in [6.45, 7) is 8.32. The molecule has 1 saturated carbocycles. The van der Waals surface area contributed by atoms with Crippen molar-refractivity contribution in [2.45, 2.75) is 58.7 Å². The van der Waals surface area contributed by atoms with Crippen LogP contribution in [0.5, 0.6) is 11.6 Å². The molecule has 0 radical (unpaired) electrons. The van der Waals surface area contributed by atoms with Gasteiger partial charge in [-0.3, -0.25) is 0 Å². The zero-order valence-electron chi connectivity index (χ0n) is 20.3. The minimum absolute atomic E-state index is 0.131. The van der Waals surface area contributed by atoms with Crippen molar-refractivity contribution in [3.8, 4) is 22.8 Å². The van der Waals surface area contributed by atoms with E-state index in [0.29, 0.717) is 30.4 Å². The number of nitrogens with zero attached hydrogens (tertiary/aromatic N) is 1. The van der Waals surface area contributed by atoms with Crippen LogP contribution < -0.4 is 9.47 Å². The standard InChI is InChI=1S/C29H32FNO3/c1-17-11-26(30)21(16-34-27-14-20-12-24-18(2)28(24)25(20)15-31-27)13-23(17)19-5-7-22(8-6-19)33-10-9-29(3,4)32/h5-8,11,13-15,18,24,28,32H,9-10,12,16H2,1-4H3/t18-,24-,28+/m0/s1. The second-order valence-corrected chi connectivity index (χ2v) is 10.5. The first kappa shape index (κ1) is 22.9. The van der Waals surface area contributed by atoms with Gasteiger partial charge in [0, 0.05) is 24.2 Å². The van der Waals surface area contributed by atoms with E-state index in [0.717, 1.165) is 40.7 Å². The Balaban J connectivity index is 1.27. The summed E-state index contributed by atoms with van der Waals surface area (Å²) in [4.78, 5) is 4.48. The van der Waals surface area contributed by atoms with Gasteiger partial charge in [0.05, 0.1) is 12.2 Å². The van der Waals surface area contributed by atoms with Crippen molar-refractivity contribution < 1.29 is 19.0 Å². The van der Waals surface area contributed by atoms with Crippen LogP contribution in [0.15, 0.2) is 48.7 Å². The first-order chi connectivity index (χ1) is 16.2. The first-order valence-corrected chi connectivity index (χ1v) is 12.1. The summed E-state index contributed by atoms with van der Waals surface area (Å²) in [6, 6.07) is 13.2. The Hall–Kier alpha value is -2.92. The van der Waals surface area contributed by atoms with E-state index < -0.39 is 5.60 Å². The fourth-order valence-electron chi connectivity index (χ4n) is 5.11. The van der Waals surface area contributed by atoms with Crippen LogP contribution in [0.1, 0.15) is 55.4 Å². The Labute approximate surface area is 200 Å². The Morgan fingerprint density at radius 2 is 1.88 bits per heavy atom. The van der Waals surface area contributed by atoms with E-state index in [4.69, 9.17) is 9.47 Å². The van der Waals surface area contributed by atoms with Gasteiger partial charge in [-0.2, -0.15) is 0 Å². The largest absolute Gasteiger partial charge is 0.493 e. The summed E-state index contributed by atoms with van der Waals surface area (Å²) in [5.41, 5.74) is 5.24. The average molecular weight is 462 g/mol. The second-order valence-electron chi connectivity index (χ2n) is 10.5. The fraction of sp³-hybridized carbons (Fsp3) is 0.414. The summed E-state index contributed by atoms with van der Waals surface area (Å²) in [5, 5.41) is 9.82. The van der Waals surface area contributed by atoms with Crippen molar-refractivity contribution in [2.24, 2.45) is 11.8 Å². The molecule has 1 fully saturated rings. The van der Waals surface area contributed by atoms with Gasteiger partial charge in [0.1, 0.15) is 18.2 Å². The van der Waals surface area contributed by atoms with Crippen LogP contribution in [-0.4, -0.2) is 22.3 Å². The zero-order chi connectivity index (χ0) is 24.0. The first-order valence-electron chi connectivity index (χ1n) is 12.1. The number of pyridine rings is 1. The number of fused-ring (bicyclic) bond motifs is 3. The second kappa shape index (κ2) is 8.70.